The van der Waals surface area contributed by atoms with Gasteiger partial charge in [0.25, 0.3) is 0 Å². The fourth-order valence-electron chi connectivity index (χ4n) is 2.80. The molecule has 2 aromatic carbocycles. The van der Waals surface area contributed by atoms with Crippen molar-refractivity contribution in [2.45, 2.75) is 31.9 Å². The molecule has 0 nitrogen and oxygen atoms in total. The predicted molar refractivity (Wildman–Crippen MR) is 127 cm³/mol. The van der Waals surface area contributed by atoms with Crippen molar-refractivity contribution in [3.63, 3.8) is 0 Å². The second-order valence-corrected chi connectivity index (χ2v) is 32.4. The number of hydrogen-bond donors (Lipinski definition) is 0. The SMILES string of the molecule is C[Si](C)(C(Br)(Br)c1ccccc1)[Si](C)(C)C(Br)(Br)c1ccccc1. The van der Waals surface area contributed by atoms with Gasteiger partial charge in [0.1, 0.15) is 0 Å². The van der Waals surface area contributed by atoms with Gasteiger partial charge < -0.3 is 0 Å². The summed E-state index contributed by atoms with van der Waals surface area (Å²) in [6.07, 6.45) is 0. The lowest BCUT2D eigenvalue weighted by molar-refractivity contribution is 1.21. The van der Waals surface area contributed by atoms with Crippen LogP contribution in [0.3, 0.4) is 0 Å². The number of rotatable bonds is 5. The van der Waals surface area contributed by atoms with Crippen LogP contribution in [0.15, 0.2) is 60.7 Å². The Balaban J connectivity index is 2.54. The number of benzene rings is 2. The van der Waals surface area contributed by atoms with Crippen LogP contribution in [-0.4, -0.2) is 15.2 Å². The van der Waals surface area contributed by atoms with Gasteiger partial charge in [-0.2, -0.15) is 0 Å². The molecule has 0 spiro atoms. The van der Waals surface area contributed by atoms with E-state index in [0.717, 1.165) is 0 Å². The zero-order valence-electron chi connectivity index (χ0n) is 14.3. The summed E-state index contributed by atoms with van der Waals surface area (Å²) in [6.45, 7) is 9.93. The smallest absolute Gasteiger partial charge is 0.0717 e. The van der Waals surface area contributed by atoms with Crippen molar-refractivity contribution in [2.24, 2.45) is 0 Å². The summed E-state index contributed by atoms with van der Waals surface area (Å²) < 4.78 is -0.350. The fraction of sp³-hybridized carbons (Fsp3) is 0.333. The summed E-state index contributed by atoms with van der Waals surface area (Å²) in [6, 6.07) is 21.4. The number of alkyl halides is 4. The van der Waals surface area contributed by atoms with Crippen LogP contribution < -0.4 is 0 Å². The Hall–Kier alpha value is 0.794. The lowest BCUT2D eigenvalue weighted by Crippen LogP contribution is -2.69. The Morgan fingerprint density at radius 2 is 0.792 bits per heavy atom. The molecule has 130 valence electrons. The summed E-state index contributed by atoms with van der Waals surface area (Å²) in [5.74, 6) is 0. The Bertz CT molecular complexity index is 621. The van der Waals surface area contributed by atoms with Crippen molar-refractivity contribution in [3.05, 3.63) is 71.8 Å². The lowest BCUT2D eigenvalue weighted by Gasteiger charge is -2.52. The van der Waals surface area contributed by atoms with Crippen LogP contribution >= 0.6 is 63.7 Å². The molecule has 0 aliphatic carbocycles. The molecule has 0 heterocycles. The van der Waals surface area contributed by atoms with E-state index in [0.29, 0.717) is 0 Å². The van der Waals surface area contributed by atoms with Crippen LogP contribution in [0.4, 0.5) is 0 Å². The second-order valence-electron chi connectivity index (χ2n) is 7.13. The maximum atomic E-state index is 4.08. The van der Waals surface area contributed by atoms with Crippen molar-refractivity contribution in [3.8, 4) is 0 Å². The third-order valence-corrected chi connectivity index (χ3v) is 42.0. The Kier molecular flexibility index (Phi) is 6.53. The molecule has 0 aliphatic heterocycles. The molecular weight excluding hydrogens is 592 g/mol. The number of halogens is 4. The maximum Gasteiger partial charge on any atom is 0.0931 e. The van der Waals surface area contributed by atoms with Gasteiger partial charge in [-0.05, 0) is 11.1 Å². The zero-order chi connectivity index (χ0) is 18.2. The van der Waals surface area contributed by atoms with Crippen molar-refractivity contribution in [2.75, 3.05) is 0 Å². The molecule has 0 bridgehead atoms. The van der Waals surface area contributed by atoms with Crippen molar-refractivity contribution in [1.82, 2.24) is 0 Å². The standard InChI is InChI=1S/C18H22Br4Si2/c1-23(2,17(19,20)15-11-7-5-8-12-15)24(3,4)18(21,22)16-13-9-6-10-14-16/h5-14H,1-4H3. The molecule has 0 atom stereocenters. The predicted octanol–water partition coefficient (Wildman–Crippen LogP) is 7.85. The van der Waals surface area contributed by atoms with E-state index in [2.05, 4.69) is 151 Å². The highest BCUT2D eigenvalue weighted by Crippen LogP contribution is 2.57. The highest BCUT2D eigenvalue weighted by Gasteiger charge is 2.62. The molecule has 2 rings (SSSR count). The molecule has 6 heteroatoms. The number of hydrogen-bond acceptors (Lipinski definition) is 0. The summed E-state index contributed by atoms with van der Waals surface area (Å²) in [7, 11) is -3.68. The largest absolute Gasteiger partial charge is 0.0931 e. The summed E-state index contributed by atoms with van der Waals surface area (Å²) in [4.78, 5) is 0. The van der Waals surface area contributed by atoms with Gasteiger partial charge in [-0.15, -0.1) is 0 Å². The molecule has 0 saturated heterocycles. The van der Waals surface area contributed by atoms with Crippen LogP contribution in [0, 0.1) is 0 Å². The summed E-state index contributed by atoms with van der Waals surface area (Å²) in [5.41, 5.74) is 2.59. The highest BCUT2D eigenvalue weighted by molar-refractivity contribution is 9.26. The van der Waals surface area contributed by atoms with Gasteiger partial charge in [-0.3, -0.25) is 0 Å². The Morgan fingerprint density at radius 1 is 0.542 bits per heavy atom. The molecular formula is C18H22Br4Si2. The van der Waals surface area contributed by atoms with Crippen LogP contribution in [0.2, 0.25) is 26.2 Å². The van der Waals surface area contributed by atoms with Gasteiger partial charge in [-0.25, -0.2) is 0 Å². The zero-order valence-corrected chi connectivity index (χ0v) is 22.6. The fourth-order valence-corrected chi connectivity index (χ4v) is 30.6. The van der Waals surface area contributed by atoms with Crippen LogP contribution in [0.25, 0.3) is 0 Å². The average molecular weight is 614 g/mol. The van der Waals surface area contributed by atoms with E-state index < -0.39 is 15.2 Å². The third kappa shape index (κ3) is 3.48. The van der Waals surface area contributed by atoms with Gasteiger partial charge >= 0.3 is 0 Å². The molecule has 0 fully saturated rings. The Labute approximate surface area is 181 Å². The van der Waals surface area contributed by atoms with Gasteiger partial charge in [0.05, 0.1) is 20.9 Å². The van der Waals surface area contributed by atoms with E-state index in [1.165, 1.54) is 11.1 Å². The molecule has 0 unspecified atom stereocenters. The topological polar surface area (TPSA) is 0 Å². The summed E-state index contributed by atoms with van der Waals surface area (Å²) in [5, 5.41) is 0. The van der Waals surface area contributed by atoms with Gasteiger partial charge in [0.2, 0.25) is 0 Å². The molecule has 0 amide bonds. The molecule has 0 saturated carbocycles. The highest BCUT2D eigenvalue weighted by atomic mass is 79.9. The van der Waals surface area contributed by atoms with Gasteiger partial charge in [-0.1, -0.05) is 151 Å². The molecule has 0 N–H and O–H groups in total. The van der Waals surface area contributed by atoms with E-state index in [9.17, 15) is 0 Å². The first-order valence-electron chi connectivity index (χ1n) is 7.83. The first-order valence-corrected chi connectivity index (χ1v) is 18.0. The summed E-state index contributed by atoms with van der Waals surface area (Å²) >= 11 is 16.3. The monoisotopic (exact) mass is 610 g/mol. The molecule has 0 aliphatic rings. The first-order chi connectivity index (χ1) is 11.0. The normalized spacial score (nSPS) is 13.8. The van der Waals surface area contributed by atoms with Gasteiger partial charge in [0.15, 0.2) is 0 Å². The minimum Gasteiger partial charge on any atom is -0.0717 e. The molecule has 24 heavy (non-hydrogen) atoms. The van der Waals surface area contributed by atoms with E-state index in [1.54, 1.807) is 0 Å². The van der Waals surface area contributed by atoms with E-state index in [-0.39, 0.29) is 5.71 Å². The van der Waals surface area contributed by atoms with E-state index in [1.807, 2.05) is 0 Å². The van der Waals surface area contributed by atoms with Crippen molar-refractivity contribution < 1.29 is 0 Å². The second kappa shape index (κ2) is 7.43. The molecule has 0 radical (unpaired) electrons. The lowest BCUT2D eigenvalue weighted by atomic mass is 10.2. The van der Waals surface area contributed by atoms with Crippen LogP contribution in [-0.2, 0) is 5.71 Å². The third-order valence-electron chi connectivity index (χ3n) is 5.41. The maximum absolute atomic E-state index is 4.08. The quantitative estimate of drug-likeness (QED) is 0.238. The average Bonchev–Trinajstić information content (AvgIpc) is 2.56. The van der Waals surface area contributed by atoms with E-state index >= 15 is 0 Å². The Morgan fingerprint density at radius 3 is 1.04 bits per heavy atom. The van der Waals surface area contributed by atoms with Gasteiger partial charge in [0, 0.05) is 0 Å². The van der Waals surface area contributed by atoms with Crippen LogP contribution in [0.1, 0.15) is 11.1 Å². The van der Waals surface area contributed by atoms with Crippen molar-refractivity contribution >= 4 is 78.9 Å². The van der Waals surface area contributed by atoms with Crippen LogP contribution in [0.5, 0.6) is 0 Å². The van der Waals surface area contributed by atoms with E-state index in [4.69, 9.17) is 0 Å². The van der Waals surface area contributed by atoms with Crippen molar-refractivity contribution in [1.29, 1.82) is 0 Å². The minimum atomic E-state index is -1.84. The first kappa shape index (κ1) is 21.1. The minimum absolute atomic E-state index is 0.175. The molecule has 2 aromatic rings. The molecule has 0 aromatic heterocycles.